The second kappa shape index (κ2) is 4.94. The lowest BCUT2D eigenvalue weighted by Crippen LogP contribution is -2.21. The molecule has 4 rings (SSSR count). The monoisotopic (exact) mass is 269 g/mol. The van der Waals surface area contributed by atoms with E-state index in [-0.39, 0.29) is 0 Å². The minimum atomic E-state index is 0.415. The second-order valence-electron chi connectivity index (χ2n) is 5.57. The zero-order valence-corrected chi connectivity index (χ0v) is 11.5. The Balaban J connectivity index is 1.76. The van der Waals surface area contributed by atoms with Crippen molar-refractivity contribution in [3.63, 3.8) is 0 Å². The largest absolute Gasteiger partial charge is 0.384 e. The Labute approximate surface area is 118 Å². The SMILES string of the molecule is c1cc2c(c(-c3cncn3C3CCCOC3)c1)NCC2. The summed E-state index contributed by atoms with van der Waals surface area (Å²) in [6.45, 7) is 2.72. The number of para-hydroxylation sites is 1. The maximum Gasteiger partial charge on any atom is 0.0954 e. The van der Waals surface area contributed by atoms with Gasteiger partial charge in [0.05, 0.1) is 30.9 Å². The third-order valence-corrected chi connectivity index (χ3v) is 4.32. The van der Waals surface area contributed by atoms with Crippen LogP contribution in [0.3, 0.4) is 0 Å². The van der Waals surface area contributed by atoms with Crippen molar-refractivity contribution in [2.45, 2.75) is 25.3 Å². The van der Waals surface area contributed by atoms with Crippen molar-refractivity contribution in [1.29, 1.82) is 0 Å². The summed E-state index contributed by atoms with van der Waals surface area (Å²) in [5.41, 5.74) is 5.16. The van der Waals surface area contributed by atoms with Crippen LogP contribution in [-0.2, 0) is 11.2 Å². The van der Waals surface area contributed by atoms with Crippen molar-refractivity contribution >= 4 is 5.69 Å². The molecule has 1 unspecified atom stereocenters. The molecule has 1 aromatic carbocycles. The van der Waals surface area contributed by atoms with Gasteiger partial charge in [-0.2, -0.15) is 0 Å². The number of rotatable bonds is 2. The van der Waals surface area contributed by atoms with Crippen LogP contribution in [0.15, 0.2) is 30.7 Å². The normalized spacial score (nSPS) is 21.5. The Morgan fingerprint density at radius 3 is 3.25 bits per heavy atom. The van der Waals surface area contributed by atoms with E-state index in [0.29, 0.717) is 6.04 Å². The first-order valence-electron chi connectivity index (χ1n) is 7.39. The zero-order chi connectivity index (χ0) is 13.4. The molecule has 20 heavy (non-hydrogen) atoms. The van der Waals surface area contributed by atoms with E-state index in [4.69, 9.17) is 4.74 Å². The van der Waals surface area contributed by atoms with Crippen LogP contribution >= 0.6 is 0 Å². The first-order chi connectivity index (χ1) is 9.93. The Bertz CT molecular complexity index is 614. The summed E-state index contributed by atoms with van der Waals surface area (Å²) < 4.78 is 7.91. The molecule has 2 aliphatic heterocycles. The summed E-state index contributed by atoms with van der Waals surface area (Å²) in [6, 6.07) is 6.96. The van der Waals surface area contributed by atoms with Crippen molar-refractivity contribution in [2.75, 3.05) is 25.1 Å². The summed E-state index contributed by atoms with van der Waals surface area (Å²) >= 11 is 0. The van der Waals surface area contributed by atoms with Gasteiger partial charge >= 0.3 is 0 Å². The minimum Gasteiger partial charge on any atom is -0.384 e. The molecule has 1 aromatic heterocycles. The molecule has 0 saturated carbocycles. The summed E-state index contributed by atoms with van der Waals surface area (Å²) in [7, 11) is 0. The maximum absolute atomic E-state index is 5.63. The summed E-state index contributed by atoms with van der Waals surface area (Å²) in [5.74, 6) is 0. The molecule has 104 valence electrons. The molecule has 2 aromatic rings. The van der Waals surface area contributed by atoms with E-state index >= 15 is 0 Å². The molecule has 2 aliphatic rings. The second-order valence-corrected chi connectivity index (χ2v) is 5.57. The molecule has 0 spiro atoms. The molecule has 0 aliphatic carbocycles. The van der Waals surface area contributed by atoms with E-state index in [1.165, 1.54) is 28.9 Å². The number of fused-ring (bicyclic) bond motifs is 1. The van der Waals surface area contributed by atoms with E-state index in [1.807, 2.05) is 12.5 Å². The van der Waals surface area contributed by atoms with Gasteiger partial charge in [-0.05, 0) is 24.8 Å². The standard InChI is InChI=1S/C16H19N3O/c1-3-12-6-7-18-16(12)14(5-1)15-9-17-11-19(15)13-4-2-8-20-10-13/h1,3,5,9,11,13,18H,2,4,6-8,10H2. The number of ether oxygens (including phenoxy) is 1. The van der Waals surface area contributed by atoms with Crippen molar-refractivity contribution in [3.05, 3.63) is 36.3 Å². The van der Waals surface area contributed by atoms with Gasteiger partial charge in [0, 0.05) is 24.4 Å². The Hall–Kier alpha value is -1.81. The summed E-state index contributed by atoms with van der Waals surface area (Å²) in [5, 5.41) is 3.51. The number of aromatic nitrogens is 2. The van der Waals surface area contributed by atoms with Gasteiger partial charge in [0.25, 0.3) is 0 Å². The molecule has 3 heterocycles. The van der Waals surface area contributed by atoms with Gasteiger partial charge in [-0.3, -0.25) is 0 Å². The number of hydrogen-bond acceptors (Lipinski definition) is 3. The molecule has 0 radical (unpaired) electrons. The van der Waals surface area contributed by atoms with Crippen molar-refractivity contribution < 1.29 is 4.74 Å². The van der Waals surface area contributed by atoms with Crippen molar-refractivity contribution in [3.8, 4) is 11.3 Å². The fraction of sp³-hybridized carbons (Fsp3) is 0.438. The highest BCUT2D eigenvalue weighted by Crippen LogP contribution is 2.36. The summed E-state index contributed by atoms with van der Waals surface area (Å²) in [4.78, 5) is 4.38. The summed E-state index contributed by atoms with van der Waals surface area (Å²) in [6.07, 6.45) is 7.34. The Morgan fingerprint density at radius 1 is 1.35 bits per heavy atom. The van der Waals surface area contributed by atoms with Gasteiger partial charge in [-0.15, -0.1) is 0 Å². The average Bonchev–Trinajstić information content (AvgIpc) is 3.16. The minimum absolute atomic E-state index is 0.415. The van der Waals surface area contributed by atoms with E-state index in [9.17, 15) is 0 Å². The maximum atomic E-state index is 5.63. The molecule has 4 nitrogen and oxygen atoms in total. The first-order valence-corrected chi connectivity index (χ1v) is 7.39. The lowest BCUT2D eigenvalue weighted by molar-refractivity contribution is 0.0597. The van der Waals surface area contributed by atoms with Gasteiger partial charge in [0.1, 0.15) is 0 Å². The van der Waals surface area contributed by atoms with Gasteiger partial charge < -0.3 is 14.6 Å². The number of nitrogens with one attached hydrogen (secondary N) is 1. The predicted octanol–water partition coefficient (Wildman–Crippen LogP) is 2.87. The Morgan fingerprint density at radius 2 is 2.35 bits per heavy atom. The van der Waals surface area contributed by atoms with Crippen LogP contribution in [-0.4, -0.2) is 29.3 Å². The van der Waals surface area contributed by atoms with E-state index < -0.39 is 0 Å². The molecule has 4 heteroatoms. The van der Waals surface area contributed by atoms with Crippen LogP contribution < -0.4 is 5.32 Å². The molecular formula is C16H19N3O. The van der Waals surface area contributed by atoms with E-state index in [1.54, 1.807) is 0 Å². The van der Waals surface area contributed by atoms with Gasteiger partial charge in [-0.25, -0.2) is 4.98 Å². The highest BCUT2D eigenvalue weighted by molar-refractivity contribution is 5.79. The van der Waals surface area contributed by atoms with Gasteiger partial charge in [-0.1, -0.05) is 18.2 Å². The fourth-order valence-electron chi connectivity index (χ4n) is 3.30. The average molecular weight is 269 g/mol. The van der Waals surface area contributed by atoms with Crippen LogP contribution in [0.2, 0.25) is 0 Å². The van der Waals surface area contributed by atoms with Crippen molar-refractivity contribution in [1.82, 2.24) is 9.55 Å². The molecule has 0 amide bonds. The van der Waals surface area contributed by atoms with Gasteiger partial charge in [0.2, 0.25) is 0 Å². The topological polar surface area (TPSA) is 39.1 Å². The predicted molar refractivity (Wildman–Crippen MR) is 78.9 cm³/mol. The van der Waals surface area contributed by atoms with Crippen LogP contribution in [0, 0.1) is 0 Å². The molecule has 1 saturated heterocycles. The fourth-order valence-corrected chi connectivity index (χ4v) is 3.30. The quantitative estimate of drug-likeness (QED) is 0.911. The number of imidazole rings is 1. The van der Waals surface area contributed by atoms with Crippen LogP contribution in [0.4, 0.5) is 5.69 Å². The van der Waals surface area contributed by atoms with E-state index in [0.717, 1.165) is 32.6 Å². The molecule has 1 fully saturated rings. The molecule has 1 atom stereocenters. The third-order valence-electron chi connectivity index (χ3n) is 4.32. The number of hydrogen-bond donors (Lipinski definition) is 1. The highest BCUT2D eigenvalue weighted by atomic mass is 16.5. The lowest BCUT2D eigenvalue weighted by atomic mass is 10.0. The molecule has 0 bridgehead atoms. The number of benzene rings is 1. The number of nitrogens with zero attached hydrogens (tertiary/aromatic N) is 2. The van der Waals surface area contributed by atoms with Crippen LogP contribution in [0.1, 0.15) is 24.4 Å². The third kappa shape index (κ3) is 1.91. The van der Waals surface area contributed by atoms with E-state index in [2.05, 4.69) is 33.1 Å². The van der Waals surface area contributed by atoms with Crippen LogP contribution in [0.25, 0.3) is 11.3 Å². The van der Waals surface area contributed by atoms with Crippen LogP contribution in [0.5, 0.6) is 0 Å². The zero-order valence-electron chi connectivity index (χ0n) is 11.5. The Kier molecular flexibility index (Phi) is 2.96. The lowest BCUT2D eigenvalue weighted by Gasteiger charge is -2.25. The molecular weight excluding hydrogens is 250 g/mol. The highest BCUT2D eigenvalue weighted by Gasteiger charge is 2.22. The molecule has 1 N–H and O–H groups in total. The smallest absolute Gasteiger partial charge is 0.0954 e. The first kappa shape index (κ1) is 12.0. The number of anilines is 1. The van der Waals surface area contributed by atoms with Crippen molar-refractivity contribution in [2.24, 2.45) is 0 Å². The van der Waals surface area contributed by atoms with Gasteiger partial charge in [0.15, 0.2) is 0 Å².